The molecule has 1 aliphatic rings. The summed E-state index contributed by atoms with van der Waals surface area (Å²) in [7, 11) is 0. The molecule has 0 aliphatic carbocycles. The van der Waals surface area contributed by atoms with E-state index in [9.17, 15) is 4.79 Å². The molecular weight excluding hydrogens is 238 g/mol. The molecule has 19 heavy (non-hydrogen) atoms. The zero-order valence-corrected chi connectivity index (χ0v) is 11.6. The Kier molecular flexibility index (Phi) is 4.97. The van der Waals surface area contributed by atoms with Crippen LogP contribution in [0.2, 0.25) is 0 Å². The monoisotopic (exact) mass is 261 g/mol. The van der Waals surface area contributed by atoms with Gasteiger partial charge in [-0.15, -0.1) is 0 Å². The van der Waals surface area contributed by atoms with E-state index >= 15 is 0 Å². The first-order valence-electron chi connectivity index (χ1n) is 7.14. The SMILES string of the molecule is CC(CN1CCC(CC(=O)O)CC1)c1ccccc1. The van der Waals surface area contributed by atoms with Crippen LogP contribution < -0.4 is 0 Å². The van der Waals surface area contributed by atoms with Gasteiger partial charge in [-0.2, -0.15) is 0 Å². The second-order valence-corrected chi connectivity index (χ2v) is 5.65. The van der Waals surface area contributed by atoms with Crippen molar-refractivity contribution >= 4 is 5.97 Å². The Hall–Kier alpha value is -1.35. The van der Waals surface area contributed by atoms with Crippen LogP contribution >= 0.6 is 0 Å². The number of carboxylic acids is 1. The lowest BCUT2D eigenvalue weighted by atomic mass is 9.92. The Morgan fingerprint density at radius 1 is 1.32 bits per heavy atom. The first-order chi connectivity index (χ1) is 9.15. The lowest BCUT2D eigenvalue weighted by molar-refractivity contribution is -0.138. The van der Waals surface area contributed by atoms with Crippen LogP contribution in [-0.4, -0.2) is 35.6 Å². The number of carbonyl (C=O) groups is 1. The number of likely N-dealkylation sites (tertiary alicyclic amines) is 1. The van der Waals surface area contributed by atoms with Gasteiger partial charge in [-0.3, -0.25) is 4.79 Å². The third-order valence-electron chi connectivity index (χ3n) is 4.07. The molecule has 1 atom stereocenters. The van der Waals surface area contributed by atoms with Crippen LogP contribution in [-0.2, 0) is 4.79 Å². The quantitative estimate of drug-likeness (QED) is 0.886. The Balaban J connectivity index is 1.78. The predicted molar refractivity (Wildman–Crippen MR) is 76.3 cm³/mol. The van der Waals surface area contributed by atoms with Gasteiger partial charge >= 0.3 is 5.97 Å². The molecule has 1 fully saturated rings. The van der Waals surface area contributed by atoms with Crippen molar-refractivity contribution in [1.29, 1.82) is 0 Å². The van der Waals surface area contributed by atoms with E-state index in [4.69, 9.17) is 5.11 Å². The van der Waals surface area contributed by atoms with Crippen LogP contribution in [0, 0.1) is 5.92 Å². The maximum absolute atomic E-state index is 10.7. The summed E-state index contributed by atoms with van der Waals surface area (Å²) in [5.41, 5.74) is 1.38. The molecule has 3 nitrogen and oxygen atoms in total. The summed E-state index contributed by atoms with van der Waals surface area (Å²) in [5.74, 6) is 0.258. The second-order valence-electron chi connectivity index (χ2n) is 5.65. The normalized spacial score (nSPS) is 19.2. The molecule has 2 rings (SSSR count). The van der Waals surface area contributed by atoms with Gasteiger partial charge in [-0.1, -0.05) is 37.3 Å². The average molecular weight is 261 g/mol. The molecule has 1 aliphatic heterocycles. The number of piperidine rings is 1. The van der Waals surface area contributed by atoms with E-state index in [0.29, 0.717) is 18.3 Å². The van der Waals surface area contributed by atoms with E-state index in [-0.39, 0.29) is 0 Å². The van der Waals surface area contributed by atoms with E-state index in [2.05, 4.69) is 36.1 Å². The summed E-state index contributed by atoms with van der Waals surface area (Å²) in [5, 5.41) is 8.81. The molecule has 0 amide bonds. The number of nitrogens with zero attached hydrogens (tertiary/aromatic N) is 1. The highest BCUT2D eigenvalue weighted by Crippen LogP contribution is 2.23. The summed E-state index contributed by atoms with van der Waals surface area (Å²) in [4.78, 5) is 13.2. The van der Waals surface area contributed by atoms with Gasteiger partial charge in [-0.25, -0.2) is 0 Å². The number of hydrogen-bond donors (Lipinski definition) is 1. The zero-order chi connectivity index (χ0) is 13.7. The van der Waals surface area contributed by atoms with Crippen LogP contribution in [0.5, 0.6) is 0 Å². The van der Waals surface area contributed by atoms with E-state index < -0.39 is 5.97 Å². The second kappa shape index (κ2) is 6.71. The molecule has 0 spiro atoms. The van der Waals surface area contributed by atoms with Crippen LogP contribution in [0.1, 0.15) is 37.7 Å². The van der Waals surface area contributed by atoms with Gasteiger partial charge in [-0.05, 0) is 43.3 Å². The summed E-state index contributed by atoms with van der Waals surface area (Å²) >= 11 is 0. The van der Waals surface area contributed by atoms with Crippen molar-refractivity contribution in [2.75, 3.05) is 19.6 Å². The largest absolute Gasteiger partial charge is 0.481 e. The van der Waals surface area contributed by atoms with Gasteiger partial charge in [0.05, 0.1) is 0 Å². The summed E-state index contributed by atoms with van der Waals surface area (Å²) in [6, 6.07) is 10.6. The molecule has 0 aromatic heterocycles. The highest BCUT2D eigenvalue weighted by atomic mass is 16.4. The smallest absolute Gasteiger partial charge is 0.303 e. The molecular formula is C16H23NO2. The molecule has 1 aromatic carbocycles. The maximum atomic E-state index is 10.7. The van der Waals surface area contributed by atoms with Crippen molar-refractivity contribution in [3.63, 3.8) is 0 Å². The molecule has 0 bridgehead atoms. The van der Waals surface area contributed by atoms with E-state index in [1.165, 1.54) is 5.56 Å². The Bertz CT molecular complexity index is 396. The number of benzene rings is 1. The van der Waals surface area contributed by atoms with Crippen molar-refractivity contribution in [1.82, 2.24) is 4.90 Å². The lowest BCUT2D eigenvalue weighted by Crippen LogP contribution is -2.36. The fourth-order valence-corrected chi connectivity index (χ4v) is 2.89. The van der Waals surface area contributed by atoms with E-state index in [0.717, 1.165) is 32.5 Å². The third kappa shape index (κ3) is 4.35. The van der Waals surface area contributed by atoms with Gasteiger partial charge in [0.25, 0.3) is 0 Å². The minimum absolute atomic E-state index is 0.335. The number of carboxylic acid groups (broad SMARTS) is 1. The molecule has 104 valence electrons. The van der Waals surface area contributed by atoms with Gasteiger partial charge in [0.15, 0.2) is 0 Å². The molecule has 1 saturated heterocycles. The van der Waals surface area contributed by atoms with Crippen molar-refractivity contribution < 1.29 is 9.90 Å². The van der Waals surface area contributed by atoms with Gasteiger partial charge < -0.3 is 10.0 Å². The fourth-order valence-electron chi connectivity index (χ4n) is 2.89. The molecule has 3 heteroatoms. The Labute approximate surface area is 115 Å². The van der Waals surface area contributed by atoms with Crippen LogP contribution in [0.15, 0.2) is 30.3 Å². The third-order valence-corrected chi connectivity index (χ3v) is 4.07. The molecule has 1 heterocycles. The molecule has 1 aromatic rings. The molecule has 0 radical (unpaired) electrons. The summed E-state index contributed by atoms with van der Waals surface area (Å²) < 4.78 is 0. The van der Waals surface area contributed by atoms with Crippen LogP contribution in [0.25, 0.3) is 0 Å². The summed E-state index contributed by atoms with van der Waals surface area (Å²) in [6.07, 6.45) is 2.38. The van der Waals surface area contributed by atoms with Gasteiger partial charge in [0.2, 0.25) is 0 Å². The highest BCUT2D eigenvalue weighted by Gasteiger charge is 2.22. The minimum Gasteiger partial charge on any atom is -0.481 e. The molecule has 1 N–H and O–H groups in total. The summed E-state index contributed by atoms with van der Waals surface area (Å²) in [6.45, 7) is 5.41. The first kappa shape index (κ1) is 14.1. The standard InChI is InChI=1S/C16H23NO2/c1-13(15-5-3-2-4-6-15)12-17-9-7-14(8-10-17)11-16(18)19/h2-6,13-14H,7-12H2,1H3,(H,18,19). The zero-order valence-electron chi connectivity index (χ0n) is 11.6. The van der Waals surface area contributed by atoms with Crippen LogP contribution in [0.4, 0.5) is 0 Å². The van der Waals surface area contributed by atoms with Crippen LogP contribution in [0.3, 0.4) is 0 Å². The Morgan fingerprint density at radius 3 is 2.53 bits per heavy atom. The van der Waals surface area contributed by atoms with Crippen molar-refractivity contribution in [2.45, 2.75) is 32.1 Å². The van der Waals surface area contributed by atoms with Crippen molar-refractivity contribution in [3.05, 3.63) is 35.9 Å². The Morgan fingerprint density at radius 2 is 1.95 bits per heavy atom. The van der Waals surface area contributed by atoms with Crippen molar-refractivity contribution in [3.8, 4) is 0 Å². The van der Waals surface area contributed by atoms with Gasteiger partial charge in [0, 0.05) is 13.0 Å². The maximum Gasteiger partial charge on any atom is 0.303 e. The molecule has 1 unspecified atom stereocenters. The minimum atomic E-state index is -0.656. The number of hydrogen-bond acceptors (Lipinski definition) is 2. The topological polar surface area (TPSA) is 40.5 Å². The number of aliphatic carboxylic acids is 1. The lowest BCUT2D eigenvalue weighted by Gasteiger charge is -2.33. The van der Waals surface area contributed by atoms with Gasteiger partial charge in [0.1, 0.15) is 0 Å². The first-order valence-corrected chi connectivity index (χ1v) is 7.14. The highest BCUT2D eigenvalue weighted by molar-refractivity contribution is 5.67. The fraction of sp³-hybridized carbons (Fsp3) is 0.562. The average Bonchev–Trinajstić information content (AvgIpc) is 2.41. The van der Waals surface area contributed by atoms with Crippen molar-refractivity contribution in [2.24, 2.45) is 5.92 Å². The van der Waals surface area contributed by atoms with E-state index in [1.54, 1.807) is 0 Å². The van der Waals surface area contributed by atoms with E-state index in [1.807, 2.05) is 6.07 Å². The molecule has 0 saturated carbocycles. The predicted octanol–water partition coefficient (Wildman–Crippen LogP) is 2.98. The number of rotatable bonds is 5.